The predicted molar refractivity (Wildman–Crippen MR) is 138 cm³/mol. The van der Waals surface area contributed by atoms with E-state index in [1.165, 1.54) is 0 Å². The fourth-order valence-corrected chi connectivity index (χ4v) is 5.04. The van der Waals surface area contributed by atoms with Crippen LogP contribution < -0.4 is 24.3 Å². The SMILES string of the molecule is COc1ccc([C@@H]2CN(C(=O)c3cccc(Cl)c3)C[C@@H]2C(=O)NCc2ccc3c(c2)OCO3)c(OC)c1. The summed E-state index contributed by atoms with van der Waals surface area (Å²) >= 11 is 6.12. The van der Waals surface area contributed by atoms with E-state index in [1.807, 2.05) is 30.3 Å². The lowest BCUT2D eigenvalue weighted by atomic mass is 9.87. The number of likely N-dealkylation sites (tertiary alicyclic amines) is 1. The summed E-state index contributed by atoms with van der Waals surface area (Å²) in [6, 6.07) is 17.9. The molecule has 0 aromatic heterocycles. The van der Waals surface area contributed by atoms with Crippen LogP contribution in [0.4, 0.5) is 0 Å². The van der Waals surface area contributed by atoms with Crippen LogP contribution in [0.2, 0.25) is 5.02 Å². The van der Waals surface area contributed by atoms with Crippen molar-refractivity contribution in [3.63, 3.8) is 0 Å². The maximum Gasteiger partial charge on any atom is 0.253 e. The summed E-state index contributed by atoms with van der Waals surface area (Å²) < 4.78 is 21.8. The van der Waals surface area contributed by atoms with Crippen molar-refractivity contribution in [1.29, 1.82) is 0 Å². The van der Waals surface area contributed by atoms with Crippen molar-refractivity contribution in [3.8, 4) is 23.0 Å². The molecule has 0 radical (unpaired) electrons. The Morgan fingerprint density at radius 2 is 1.84 bits per heavy atom. The van der Waals surface area contributed by atoms with Crippen molar-refractivity contribution in [1.82, 2.24) is 10.2 Å². The van der Waals surface area contributed by atoms with Crippen LogP contribution >= 0.6 is 11.6 Å². The summed E-state index contributed by atoms with van der Waals surface area (Å²) in [7, 11) is 3.17. The van der Waals surface area contributed by atoms with Gasteiger partial charge in [-0.1, -0.05) is 29.8 Å². The van der Waals surface area contributed by atoms with Crippen LogP contribution in [0.15, 0.2) is 60.7 Å². The van der Waals surface area contributed by atoms with Gasteiger partial charge in [-0.3, -0.25) is 9.59 Å². The number of amides is 2. The largest absolute Gasteiger partial charge is 0.497 e. The Labute approximate surface area is 220 Å². The predicted octanol–water partition coefficient (Wildman–Crippen LogP) is 4.26. The van der Waals surface area contributed by atoms with Crippen molar-refractivity contribution < 1.29 is 28.5 Å². The van der Waals surface area contributed by atoms with E-state index in [1.54, 1.807) is 49.5 Å². The molecule has 2 amide bonds. The van der Waals surface area contributed by atoms with Crippen molar-refractivity contribution in [3.05, 3.63) is 82.4 Å². The molecule has 1 saturated heterocycles. The van der Waals surface area contributed by atoms with Crippen LogP contribution in [0, 0.1) is 5.92 Å². The van der Waals surface area contributed by atoms with Crippen molar-refractivity contribution in [2.45, 2.75) is 12.5 Å². The van der Waals surface area contributed by atoms with E-state index in [0.29, 0.717) is 46.7 Å². The van der Waals surface area contributed by atoms with Gasteiger partial charge in [0.15, 0.2) is 11.5 Å². The minimum Gasteiger partial charge on any atom is -0.497 e. The zero-order valence-corrected chi connectivity index (χ0v) is 21.3. The fraction of sp³-hybridized carbons (Fsp3) is 0.286. The van der Waals surface area contributed by atoms with Gasteiger partial charge in [0.1, 0.15) is 11.5 Å². The minimum absolute atomic E-state index is 0.151. The first kappa shape index (κ1) is 24.8. The third-order valence-electron chi connectivity index (χ3n) is 6.76. The first-order valence-electron chi connectivity index (χ1n) is 11.9. The molecule has 2 atom stereocenters. The Kier molecular flexibility index (Phi) is 7.10. The van der Waals surface area contributed by atoms with Crippen LogP contribution in [0.1, 0.15) is 27.4 Å². The minimum atomic E-state index is -0.487. The van der Waals surface area contributed by atoms with Crippen LogP contribution in [0.3, 0.4) is 0 Å². The zero-order valence-electron chi connectivity index (χ0n) is 20.5. The Morgan fingerprint density at radius 1 is 1.00 bits per heavy atom. The number of halogens is 1. The summed E-state index contributed by atoms with van der Waals surface area (Å²) in [5.74, 6) is 1.51. The average molecular weight is 523 g/mol. The standard InChI is InChI=1S/C28H27ClN2O6/c1-34-20-7-8-21(25(12-20)35-2)22-14-31(28(33)18-4-3-5-19(29)11-18)15-23(22)27(32)30-13-17-6-9-24-26(10-17)37-16-36-24/h3-12,22-23H,13-16H2,1-2H3,(H,30,32)/t22-,23-/m0/s1. The van der Waals surface area contributed by atoms with Gasteiger partial charge in [-0.05, 0) is 42.0 Å². The smallest absolute Gasteiger partial charge is 0.253 e. The number of methoxy groups -OCH3 is 2. The lowest BCUT2D eigenvalue weighted by molar-refractivity contribution is -0.125. The molecule has 5 rings (SSSR count). The molecule has 2 aliphatic rings. The number of fused-ring (bicyclic) bond motifs is 1. The highest BCUT2D eigenvalue weighted by Crippen LogP contribution is 2.40. The summed E-state index contributed by atoms with van der Waals surface area (Å²) in [5.41, 5.74) is 2.21. The number of nitrogens with zero attached hydrogens (tertiary/aromatic N) is 1. The second kappa shape index (κ2) is 10.6. The van der Waals surface area contributed by atoms with Crippen molar-refractivity contribution in [2.75, 3.05) is 34.1 Å². The molecule has 2 aliphatic heterocycles. The second-order valence-corrected chi connectivity index (χ2v) is 9.38. The maximum atomic E-state index is 13.5. The van der Waals surface area contributed by atoms with E-state index < -0.39 is 5.92 Å². The molecule has 1 fully saturated rings. The average Bonchev–Trinajstić information content (AvgIpc) is 3.58. The lowest BCUT2D eigenvalue weighted by Gasteiger charge is -2.21. The van der Waals surface area contributed by atoms with Gasteiger partial charge in [0.05, 0.1) is 20.1 Å². The lowest BCUT2D eigenvalue weighted by Crippen LogP contribution is -2.35. The van der Waals surface area contributed by atoms with Crippen LogP contribution in [-0.2, 0) is 11.3 Å². The van der Waals surface area contributed by atoms with E-state index in [9.17, 15) is 9.59 Å². The number of rotatable bonds is 7. The molecule has 0 spiro atoms. The first-order valence-corrected chi connectivity index (χ1v) is 12.3. The summed E-state index contributed by atoms with van der Waals surface area (Å²) in [5, 5.41) is 3.52. The number of hydrogen-bond donors (Lipinski definition) is 1. The quantitative estimate of drug-likeness (QED) is 0.499. The molecule has 8 nitrogen and oxygen atoms in total. The van der Waals surface area contributed by atoms with E-state index in [2.05, 4.69) is 5.32 Å². The van der Waals surface area contributed by atoms with Crippen molar-refractivity contribution >= 4 is 23.4 Å². The highest BCUT2D eigenvalue weighted by molar-refractivity contribution is 6.31. The first-order chi connectivity index (χ1) is 18.0. The molecule has 2 heterocycles. The molecule has 3 aromatic rings. The Bertz CT molecular complexity index is 1330. The summed E-state index contributed by atoms with van der Waals surface area (Å²) in [6.45, 7) is 1.13. The van der Waals surface area contributed by atoms with E-state index in [-0.39, 0.29) is 31.1 Å². The van der Waals surface area contributed by atoms with Gasteiger partial charge in [0.2, 0.25) is 12.7 Å². The molecule has 9 heteroatoms. The molecule has 0 unspecified atom stereocenters. The normalized spacial score (nSPS) is 18.0. The third kappa shape index (κ3) is 5.15. The zero-order chi connectivity index (χ0) is 25.9. The van der Waals surface area contributed by atoms with E-state index in [4.69, 9.17) is 30.5 Å². The molecular formula is C28H27ClN2O6. The monoisotopic (exact) mass is 522 g/mol. The highest BCUT2D eigenvalue weighted by atomic mass is 35.5. The number of ether oxygens (including phenoxy) is 4. The molecule has 192 valence electrons. The number of carbonyl (C=O) groups is 2. The van der Waals surface area contributed by atoms with Crippen LogP contribution in [0.25, 0.3) is 0 Å². The van der Waals surface area contributed by atoms with E-state index in [0.717, 1.165) is 11.1 Å². The summed E-state index contributed by atoms with van der Waals surface area (Å²) in [6.07, 6.45) is 0. The number of hydrogen-bond acceptors (Lipinski definition) is 6. The second-order valence-electron chi connectivity index (χ2n) is 8.95. The van der Waals surface area contributed by atoms with Gasteiger partial charge in [-0.25, -0.2) is 0 Å². The summed E-state index contributed by atoms with van der Waals surface area (Å²) in [4.78, 5) is 28.6. The van der Waals surface area contributed by atoms with Gasteiger partial charge in [0, 0.05) is 47.8 Å². The molecule has 3 aromatic carbocycles. The number of carbonyl (C=O) groups excluding carboxylic acids is 2. The van der Waals surface area contributed by atoms with Gasteiger partial charge in [-0.15, -0.1) is 0 Å². The van der Waals surface area contributed by atoms with E-state index >= 15 is 0 Å². The van der Waals surface area contributed by atoms with Gasteiger partial charge < -0.3 is 29.2 Å². The fourth-order valence-electron chi connectivity index (χ4n) is 4.85. The number of nitrogens with one attached hydrogen (secondary N) is 1. The Balaban J connectivity index is 1.39. The molecule has 0 aliphatic carbocycles. The molecule has 0 bridgehead atoms. The Hall–Kier alpha value is -3.91. The van der Waals surface area contributed by atoms with Gasteiger partial charge in [0.25, 0.3) is 5.91 Å². The highest BCUT2D eigenvalue weighted by Gasteiger charge is 2.41. The van der Waals surface area contributed by atoms with Crippen LogP contribution in [0.5, 0.6) is 23.0 Å². The van der Waals surface area contributed by atoms with Crippen LogP contribution in [-0.4, -0.2) is 50.8 Å². The number of benzene rings is 3. The van der Waals surface area contributed by atoms with Crippen molar-refractivity contribution in [2.24, 2.45) is 5.92 Å². The molecule has 37 heavy (non-hydrogen) atoms. The third-order valence-corrected chi connectivity index (χ3v) is 6.99. The Morgan fingerprint density at radius 3 is 2.62 bits per heavy atom. The van der Waals surface area contributed by atoms with Gasteiger partial charge in [-0.2, -0.15) is 0 Å². The topological polar surface area (TPSA) is 86.3 Å². The molecule has 1 N–H and O–H groups in total. The molecular weight excluding hydrogens is 496 g/mol. The molecule has 0 saturated carbocycles. The maximum absolute atomic E-state index is 13.5. The van der Waals surface area contributed by atoms with Gasteiger partial charge >= 0.3 is 0 Å².